The lowest BCUT2D eigenvalue weighted by Crippen LogP contribution is -2.29. The Bertz CT molecular complexity index is 940. The molecule has 0 atom stereocenters. The number of aromatic nitrogens is 3. The highest BCUT2D eigenvalue weighted by Gasteiger charge is 2.24. The average molecular weight is 549 g/mol. The fourth-order valence-corrected chi connectivity index (χ4v) is 4.39. The first-order valence-electron chi connectivity index (χ1n) is 6.98. The zero-order valence-electron chi connectivity index (χ0n) is 12.8. The number of benzene rings is 1. The monoisotopic (exact) mass is 546 g/mol. The van der Waals surface area contributed by atoms with Gasteiger partial charge in [-0.05, 0) is 72.1 Å². The van der Waals surface area contributed by atoms with Crippen molar-refractivity contribution in [1.29, 1.82) is 0 Å². The van der Waals surface area contributed by atoms with Gasteiger partial charge in [0.25, 0.3) is 5.91 Å². The largest absolute Gasteiger partial charge is 0.308 e. The fourth-order valence-electron chi connectivity index (χ4n) is 2.28. The Labute approximate surface area is 174 Å². The number of halogens is 4. The number of carbonyl (C=O) groups excluding carboxylic acids is 1. The molecule has 5 nitrogen and oxygen atoms in total. The molecule has 3 rings (SSSR count). The third kappa shape index (κ3) is 3.67. The van der Waals surface area contributed by atoms with Crippen molar-refractivity contribution in [2.24, 2.45) is 0 Å². The summed E-state index contributed by atoms with van der Waals surface area (Å²) in [5, 5.41) is 4.70. The van der Waals surface area contributed by atoms with E-state index in [-0.39, 0.29) is 5.91 Å². The standard InChI is InChI=1S/C16H10Br3ClN4O/c1-23(14-9(17)4-2-5-10(14)18)16(25)12-8-13(19)22-24(12)15-11(20)6-3-7-21-15/h2-8H,1H3. The second-order valence-corrected chi connectivity index (χ2v) is 7.94. The minimum atomic E-state index is -0.257. The molecule has 2 aromatic heterocycles. The lowest BCUT2D eigenvalue weighted by Gasteiger charge is -2.20. The SMILES string of the molecule is CN(C(=O)c1cc(Br)nn1-c1ncccc1Cl)c1c(Br)cccc1Br. The van der Waals surface area contributed by atoms with Crippen molar-refractivity contribution in [3.05, 3.63) is 66.9 Å². The van der Waals surface area contributed by atoms with Crippen molar-refractivity contribution in [3.8, 4) is 5.82 Å². The predicted molar refractivity (Wildman–Crippen MR) is 109 cm³/mol. The second-order valence-electron chi connectivity index (χ2n) is 5.01. The van der Waals surface area contributed by atoms with Gasteiger partial charge in [0.2, 0.25) is 0 Å². The van der Waals surface area contributed by atoms with E-state index in [1.165, 1.54) is 9.58 Å². The van der Waals surface area contributed by atoms with Gasteiger partial charge in [0.15, 0.2) is 5.82 Å². The highest BCUT2D eigenvalue weighted by atomic mass is 79.9. The first-order valence-corrected chi connectivity index (χ1v) is 9.74. The van der Waals surface area contributed by atoms with Crippen LogP contribution in [0.1, 0.15) is 10.5 Å². The highest BCUT2D eigenvalue weighted by Crippen LogP contribution is 2.34. The number of para-hydroxylation sites is 1. The molecule has 0 unspecified atom stereocenters. The second kappa shape index (κ2) is 7.57. The van der Waals surface area contributed by atoms with Gasteiger partial charge in [-0.15, -0.1) is 0 Å². The van der Waals surface area contributed by atoms with Gasteiger partial charge in [-0.3, -0.25) is 4.79 Å². The van der Waals surface area contributed by atoms with Crippen LogP contribution < -0.4 is 4.90 Å². The summed E-state index contributed by atoms with van der Waals surface area (Å²) in [6.45, 7) is 0. The predicted octanol–water partition coefficient (Wildman–Crippen LogP) is 5.48. The van der Waals surface area contributed by atoms with Crippen molar-refractivity contribution < 1.29 is 4.79 Å². The molecule has 0 spiro atoms. The lowest BCUT2D eigenvalue weighted by molar-refractivity contribution is 0.0985. The minimum Gasteiger partial charge on any atom is -0.308 e. The minimum absolute atomic E-state index is 0.257. The Balaban J connectivity index is 2.09. The molecule has 2 heterocycles. The summed E-state index contributed by atoms with van der Waals surface area (Å²) in [4.78, 5) is 18.9. The number of carbonyl (C=O) groups is 1. The van der Waals surface area contributed by atoms with E-state index in [2.05, 4.69) is 57.9 Å². The van der Waals surface area contributed by atoms with Crippen molar-refractivity contribution >= 4 is 71.0 Å². The summed E-state index contributed by atoms with van der Waals surface area (Å²) < 4.78 is 3.52. The lowest BCUT2D eigenvalue weighted by atomic mass is 10.2. The molecule has 0 N–H and O–H groups in total. The molecule has 0 bridgehead atoms. The highest BCUT2D eigenvalue weighted by molar-refractivity contribution is 9.11. The molecule has 0 aliphatic carbocycles. The zero-order valence-corrected chi connectivity index (χ0v) is 18.3. The Kier molecular flexibility index (Phi) is 5.62. The molecule has 0 aliphatic rings. The van der Waals surface area contributed by atoms with Gasteiger partial charge in [0.05, 0.1) is 10.7 Å². The van der Waals surface area contributed by atoms with E-state index < -0.39 is 0 Å². The summed E-state index contributed by atoms with van der Waals surface area (Å²) in [5.74, 6) is 0.130. The first-order chi connectivity index (χ1) is 11.9. The number of pyridine rings is 1. The Morgan fingerprint density at radius 1 is 1.16 bits per heavy atom. The van der Waals surface area contributed by atoms with E-state index >= 15 is 0 Å². The van der Waals surface area contributed by atoms with Crippen molar-refractivity contribution in [2.75, 3.05) is 11.9 Å². The van der Waals surface area contributed by atoms with Crippen LogP contribution >= 0.6 is 59.4 Å². The van der Waals surface area contributed by atoms with E-state index in [1.54, 1.807) is 31.4 Å². The molecule has 0 saturated heterocycles. The van der Waals surface area contributed by atoms with Crippen molar-refractivity contribution in [3.63, 3.8) is 0 Å². The average Bonchev–Trinajstić information content (AvgIpc) is 2.96. The van der Waals surface area contributed by atoms with Crippen LogP contribution in [0.3, 0.4) is 0 Å². The Morgan fingerprint density at radius 3 is 2.48 bits per heavy atom. The Hall–Kier alpha value is -1.22. The molecule has 25 heavy (non-hydrogen) atoms. The van der Waals surface area contributed by atoms with E-state index in [0.717, 1.165) is 8.95 Å². The maximum absolute atomic E-state index is 13.1. The quantitative estimate of drug-likeness (QED) is 0.435. The summed E-state index contributed by atoms with van der Waals surface area (Å²) >= 11 is 16.5. The maximum atomic E-state index is 13.1. The number of hydrogen-bond donors (Lipinski definition) is 0. The molecular weight excluding hydrogens is 539 g/mol. The van der Waals surface area contributed by atoms with Crippen LogP contribution in [-0.2, 0) is 0 Å². The molecule has 1 amide bonds. The van der Waals surface area contributed by atoms with E-state index in [9.17, 15) is 4.79 Å². The molecule has 0 saturated carbocycles. The molecule has 9 heteroatoms. The number of amides is 1. The van der Waals surface area contributed by atoms with Gasteiger partial charge >= 0.3 is 0 Å². The van der Waals surface area contributed by atoms with Gasteiger partial charge in [-0.2, -0.15) is 5.10 Å². The summed E-state index contributed by atoms with van der Waals surface area (Å²) in [6.07, 6.45) is 1.60. The van der Waals surface area contributed by atoms with Gasteiger partial charge in [-0.1, -0.05) is 17.7 Å². The number of rotatable bonds is 3. The normalized spacial score (nSPS) is 10.8. The number of anilines is 1. The maximum Gasteiger partial charge on any atom is 0.276 e. The Morgan fingerprint density at radius 2 is 1.84 bits per heavy atom. The topological polar surface area (TPSA) is 51.0 Å². The number of hydrogen-bond acceptors (Lipinski definition) is 3. The van der Waals surface area contributed by atoms with Gasteiger partial charge in [0, 0.05) is 28.3 Å². The molecule has 3 aromatic rings. The van der Waals surface area contributed by atoms with Crippen molar-refractivity contribution in [1.82, 2.24) is 14.8 Å². The van der Waals surface area contributed by atoms with Gasteiger partial charge in [-0.25, -0.2) is 9.67 Å². The third-order valence-corrected chi connectivity index (χ3v) is 5.38. The van der Waals surface area contributed by atoms with E-state index in [4.69, 9.17) is 11.6 Å². The smallest absolute Gasteiger partial charge is 0.276 e. The summed E-state index contributed by atoms with van der Waals surface area (Å²) in [6, 6.07) is 10.7. The van der Waals surface area contributed by atoms with Crippen molar-refractivity contribution in [2.45, 2.75) is 0 Å². The van der Waals surface area contributed by atoms with Crippen LogP contribution in [0.2, 0.25) is 5.02 Å². The van der Waals surface area contributed by atoms with E-state index in [0.29, 0.717) is 26.8 Å². The molecular formula is C16H10Br3ClN4O. The molecule has 1 aromatic carbocycles. The third-order valence-electron chi connectivity index (χ3n) is 3.42. The fraction of sp³-hybridized carbons (Fsp3) is 0.0625. The molecule has 0 fully saturated rings. The summed E-state index contributed by atoms with van der Waals surface area (Å²) in [5.41, 5.74) is 1.04. The zero-order chi connectivity index (χ0) is 18.1. The molecule has 0 aliphatic heterocycles. The van der Waals surface area contributed by atoms with Gasteiger partial charge in [0.1, 0.15) is 10.3 Å². The molecule has 0 radical (unpaired) electrons. The van der Waals surface area contributed by atoms with Crippen LogP contribution in [0.4, 0.5) is 5.69 Å². The summed E-state index contributed by atoms with van der Waals surface area (Å²) in [7, 11) is 1.69. The van der Waals surface area contributed by atoms with Crippen LogP contribution in [0.5, 0.6) is 0 Å². The first kappa shape index (κ1) is 18.6. The van der Waals surface area contributed by atoms with E-state index in [1.807, 2.05) is 18.2 Å². The molecule has 128 valence electrons. The van der Waals surface area contributed by atoms with Crippen LogP contribution in [-0.4, -0.2) is 27.7 Å². The number of nitrogens with zero attached hydrogens (tertiary/aromatic N) is 4. The van der Waals surface area contributed by atoms with Crippen LogP contribution in [0.15, 0.2) is 56.1 Å². The van der Waals surface area contributed by atoms with Gasteiger partial charge < -0.3 is 4.90 Å². The van der Waals surface area contributed by atoms with Crippen LogP contribution in [0.25, 0.3) is 5.82 Å². The van der Waals surface area contributed by atoms with Crippen LogP contribution in [0, 0.1) is 0 Å².